The van der Waals surface area contributed by atoms with Gasteiger partial charge in [0.25, 0.3) is 0 Å². The fraction of sp³-hybridized carbons (Fsp3) is 0.583. The van der Waals surface area contributed by atoms with Crippen LogP contribution in [0, 0.1) is 12.8 Å². The van der Waals surface area contributed by atoms with Crippen LogP contribution in [0.5, 0.6) is 0 Å². The van der Waals surface area contributed by atoms with E-state index in [2.05, 4.69) is 22.5 Å². The van der Waals surface area contributed by atoms with Gasteiger partial charge in [-0.3, -0.25) is 0 Å². The molecule has 1 aromatic heterocycles. The number of allylic oxidation sites excluding steroid dienone is 2. The lowest BCUT2D eigenvalue weighted by molar-refractivity contribution is 0.101. The summed E-state index contributed by atoms with van der Waals surface area (Å²) in [5.74, 6) is 0.428. The molecule has 1 aliphatic carbocycles. The van der Waals surface area contributed by atoms with E-state index in [1.807, 2.05) is 6.92 Å². The average molecular weight is 223 g/mol. The van der Waals surface area contributed by atoms with Crippen molar-refractivity contribution in [3.8, 4) is 0 Å². The van der Waals surface area contributed by atoms with Crippen LogP contribution in [0.25, 0.3) is 0 Å². The molecule has 1 N–H and O–H groups in total. The molecule has 0 saturated heterocycles. The molecule has 0 amide bonds. The number of rotatable bonds is 3. The Morgan fingerprint density at radius 2 is 2.47 bits per heavy atom. The maximum absolute atomic E-state index is 10.1. The Bertz CT molecular complexity index is 345. The number of aromatic nitrogens is 1. The minimum Gasteiger partial charge on any atom is -0.392 e. The molecule has 1 aromatic rings. The molecule has 0 bridgehead atoms. The van der Waals surface area contributed by atoms with E-state index in [-0.39, 0.29) is 6.10 Å². The van der Waals surface area contributed by atoms with Crippen molar-refractivity contribution in [3.05, 3.63) is 28.2 Å². The fourth-order valence-corrected chi connectivity index (χ4v) is 2.67. The Labute approximate surface area is 94.7 Å². The highest BCUT2D eigenvalue weighted by atomic mass is 32.1. The van der Waals surface area contributed by atoms with Crippen LogP contribution in [0.4, 0.5) is 0 Å². The van der Waals surface area contributed by atoms with Gasteiger partial charge < -0.3 is 5.11 Å². The summed E-state index contributed by atoms with van der Waals surface area (Å²) in [5, 5.41) is 13.2. The predicted molar refractivity (Wildman–Crippen MR) is 63.0 cm³/mol. The van der Waals surface area contributed by atoms with E-state index >= 15 is 0 Å². The third-order valence-electron chi connectivity index (χ3n) is 2.94. The molecular weight excluding hydrogens is 206 g/mol. The molecule has 2 rings (SSSR count). The second kappa shape index (κ2) is 4.90. The third kappa shape index (κ3) is 2.89. The van der Waals surface area contributed by atoms with Gasteiger partial charge in [-0.2, -0.15) is 0 Å². The Kier molecular flexibility index (Phi) is 3.54. The molecule has 0 radical (unpaired) electrons. The van der Waals surface area contributed by atoms with Gasteiger partial charge in [0.15, 0.2) is 0 Å². The van der Waals surface area contributed by atoms with Crippen LogP contribution < -0.4 is 0 Å². The fourth-order valence-electron chi connectivity index (χ4n) is 2.05. The zero-order valence-corrected chi connectivity index (χ0v) is 9.83. The molecule has 2 atom stereocenters. The van der Waals surface area contributed by atoms with Crippen LogP contribution in [0.1, 0.15) is 30.0 Å². The quantitative estimate of drug-likeness (QED) is 0.799. The number of aliphatic hydroxyl groups excluding tert-OH is 1. The van der Waals surface area contributed by atoms with E-state index in [4.69, 9.17) is 0 Å². The molecule has 2 nitrogen and oxygen atoms in total. The Morgan fingerprint density at radius 1 is 1.60 bits per heavy atom. The van der Waals surface area contributed by atoms with Crippen LogP contribution in [0.15, 0.2) is 17.5 Å². The van der Waals surface area contributed by atoms with Gasteiger partial charge in [-0.25, -0.2) is 4.98 Å². The van der Waals surface area contributed by atoms with Crippen molar-refractivity contribution in [3.63, 3.8) is 0 Å². The summed E-state index contributed by atoms with van der Waals surface area (Å²) in [4.78, 5) is 4.39. The maximum atomic E-state index is 10.1. The molecule has 1 heterocycles. The number of thiazole rings is 1. The van der Waals surface area contributed by atoms with Gasteiger partial charge in [-0.1, -0.05) is 12.2 Å². The highest BCUT2D eigenvalue weighted by Gasteiger charge is 2.20. The number of hydrogen-bond donors (Lipinski definition) is 1. The van der Waals surface area contributed by atoms with Crippen molar-refractivity contribution in [2.75, 3.05) is 0 Å². The van der Waals surface area contributed by atoms with Gasteiger partial charge in [0.2, 0.25) is 0 Å². The number of nitrogens with zero attached hydrogens (tertiary/aromatic N) is 1. The summed E-state index contributed by atoms with van der Waals surface area (Å²) in [6.07, 6.45) is 8.11. The lowest BCUT2D eigenvalue weighted by Gasteiger charge is -2.23. The second-order valence-corrected chi connectivity index (χ2v) is 5.24. The van der Waals surface area contributed by atoms with Gasteiger partial charge >= 0.3 is 0 Å². The standard InChI is InChI=1S/C12H17NOS/c1-9-13-11(8-15-9)7-12(14)10-5-3-2-4-6-10/h2-3,8,10,12,14H,4-7H2,1H3. The number of hydrogen-bond acceptors (Lipinski definition) is 3. The van der Waals surface area contributed by atoms with Crippen LogP contribution in [-0.2, 0) is 6.42 Å². The van der Waals surface area contributed by atoms with E-state index in [0.29, 0.717) is 12.3 Å². The van der Waals surface area contributed by atoms with Crippen LogP contribution in [-0.4, -0.2) is 16.2 Å². The monoisotopic (exact) mass is 223 g/mol. The van der Waals surface area contributed by atoms with Crippen molar-refractivity contribution in [2.45, 2.75) is 38.7 Å². The summed E-state index contributed by atoms with van der Waals surface area (Å²) in [6.45, 7) is 2.00. The minimum absolute atomic E-state index is 0.226. The lowest BCUT2D eigenvalue weighted by Crippen LogP contribution is -2.23. The van der Waals surface area contributed by atoms with E-state index in [9.17, 15) is 5.11 Å². The van der Waals surface area contributed by atoms with Crippen molar-refractivity contribution in [1.29, 1.82) is 0 Å². The first-order valence-electron chi connectivity index (χ1n) is 5.50. The van der Waals surface area contributed by atoms with Gasteiger partial charge in [-0.05, 0) is 32.1 Å². The van der Waals surface area contributed by atoms with Crippen molar-refractivity contribution >= 4 is 11.3 Å². The van der Waals surface area contributed by atoms with E-state index in [1.54, 1.807) is 11.3 Å². The van der Waals surface area contributed by atoms with Gasteiger partial charge in [0.05, 0.1) is 16.8 Å². The van der Waals surface area contributed by atoms with Crippen molar-refractivity contribution in [2.24, 2.45) is 5.92 Å². The first-order chi connectivity index (χ1) is 7.25. The molecule has 1 aliphatic rings. The Morgan fingerprint density at radius 3 is 3.07 bits per heavy atom. The summed E-state index contributed by atoms with van der Waals surface area (Å²) >= 11 is 1.66. The second-order valence-electron chi connectivity index (χ2n) is 4.17. The van der Waals surface area contributed by atoms with Crippen molar-refractivity contribution in [1.82, 2.24) is 4.98 Å². The molecule has 15 heavy (non-hydrogen) atoms. The zero-order valence-electron chi connectivity index (χ0n) is 9.02. The Hall–Kier alpha value is -0.670. The molecule has 2 unspecified atom stereocenters. The average Bonchev–Trinajstić information content (AvgIpc) is 2.65. The summed E-state index contributed by atoms with van der Waals surface area (Å²) in [5.41, 5.74) is 1.04. The molecule has 0 saturated carbocycles. The van der Waals surface area contributed by atoms with E-state index < -0.39 is 0 Å². The maximum Gasteiger partial charge on any atom is 0.0897 e. The molecule has 0 aliphatic heterocycles. The molecule has 0 spiro atoms. The van der Waals surface area contributed by atoms with E-state index in [1.165, 1.54) is 0 Å². The van der Waals surface area contributed by atoms with Crippen molar-refractivity contribution < 1.29 is 5.11 Å². The Balaban J connectivity index is 1.91. The number of aryl methyl sites for hydroxylation is 1. The minimum atomic E-state index is -0.226. The van der Waals surface area contributed by atoms with Crippen LogP contribution in [0.3, 0.4) is 0 Å². The molecule has 0 fully saturated rings. The van der Waals surface area contributed by atoms with Gasteiger partial charge in [0, 0.05) is 11.8 Å². The summed E-state index contributed by atoms with van der Waals surface area (Å²) < 4.78 is 0. The lowest BCUT2D eigenvalue weighted by atomic mass is 9.87. The summed E-state index contributed by atoms with van der Waals surface area (Å²) in [7, 11) is 0. The third-order valence-corrected chi connectivity index (χ3v) is 3.76. The normalized spacial score (nSPS) is 22.9. The first kappa shape index (κ1) is 10.8. The van der Waals surface area contributed by atoms with Gasteiger partial charge in [-0.15, -0.1) is 11.3 Å². The van der Waals surface area contributed by atoms with Gasteiger partial charge in [0.1, 0.15) is 0 Å². The van der Waals surface area contributed by atoms with E-state index in [0.717, 1.165) is 30.0 Å². The summed E-state index contributed by atoms with van der Waals surface area (Å²) in [6, 6.07) is 0. The highest BCUT2D eigenvalue weighted by Crippen LogP contribution is 2.24. The SMILES string of the molecule is Cc1nc(CC(O)C2CC=CCC2)cs1. The van der Waals surface area contributed by atoms with Crippen LogP contribution in [0.2, 0.25) is 0 Å². The smallest absolute Gasteiger partial charge is 0.0897 e. The first-order valence-corrected chi connectivity index (χ1v) is 6.38. The number of aliphatic hydroxyl groups is 1. The molecule has 82 valence electrons. The predicted octanol–water partition coefficient (Wildman–Crippen LogP) is 2.71. The largest absolute Gasteiger partial charge is 0.392 e. The topological polar surface area (TPSA) is 33.1 Å². The van der Waals surface area contributed by atoms with Crippen LogP contribution >= 0.6 is 11.3 Å². The molecule has 0 aromatic carbocycles. The molecular formula is C12H17NOS. The zero-order chi connectivity index (χ0) is 10.7. The molecule has 3 heteroatoms. The highest BCUT2D eigenvalue weighted by molar-refractivity contribution is 7.09.